The number of nitrogens with zero attached hydrogens (tertiary/aromatic N) is 5. The molecule has 2 saturated heterocycles. The SMILES string of the molecule is Cc1[nH]c2ccccc2c1C1=Nc2c(c3cc(NC(=S)Nc4ccccc4)ccc3c3ccccc23)C1.Cc1ccc2c3c(c4ccc(C)cc4c2c1)N=C(c1c(C)[nH]c2ccc(Br)cc12)C3.O=C1NC2CSC(CCCCC(=O)n3cc(C4=Nc5c(c6ccccc6c6ccccc56)C4)c4cc(Br)ccc43)C2N1.S=C(Nc1ccccc1)Nc1ccc2c(c1)c1c(c3ccccc32)N=C(c2c[nH]c3ccc(Br)cc23)C1. The molecule has 0 spiro atoms. The predicted octanol–water partition coefficient (Wildman–Crippen LogP) is 32.6. The van der Waals surface area contributed by atoms with Gasteiger partial charge in [0.05, 0.1) is 63.2 Å². The molecule has 22 heteroatoms. The summed E-state index contributed by atoms with van der Waals surface area (Å²) in [6, 6.07) is 108. The number of aromatic nitrogens is 4. The molecule has 10 heterocycles. The van der Waals surface area contributed by atoms with E-state index in [-0.39, 0.29) is 24.0 Å². The van der Waals surface area contributed by atoms with Crippen LogP contribution in [0.25, 0.3) is 130 Å². The zero-order valence-electron chi connectivity index (χ0n) is 80.1. The average molecular weight is 2150 g/mol. The number of aromatic amines is 3. The number of thioether (sulfide) groups is 1. The van der Waals surface area contributed by atoms with Crippen molar-refractivity contribution in [2.45, 2.75) is 96.4 Å². The summed E-state index contributed by atoms with van der Waals surface area (Å²) in [6.07, 6.45) is 10.5. The maximum Gasteiger partial charge on any atom is 0.315 e. The minimum atomic E-state index is -0.0521. The fourth-order valence-corrected chi connectivity index (χ4v) is 26.0. The Balaban J connectivity index is 0.000000102. The van der Waals surface area contributed by atoms with Crippen LogP contribution in [0.1, 0.15) is 97.5 Å². The molecular formula is C124H95Br3N14O2S3. The van der Waals surface area contributed by atoms with Crippen molar-refractivity contribution in [3.8, 4) is 0 Å². The van der Waals surface area contributed by atoms with Gasteiger partial charge in [-0.1, -0.05) is 266 Å². The lowest BCUT2D eigenvalue weighted by atomic mass is 9.91. The van der Waals surface area contributed by atoms with Crippen LogP contribution in [0.15, 0.2) is 355 Å². The Morgan fingerprint density at radius 3 is 1.36 bits per heavy atom. The lowest BCUT2D eigenvalue weighted by Crippen LogP contribution is -2.36. The second kappa shape index (κ2) is 38.2. The van der Waals surface area contributed by atoms with Gasteiger partial charge in [0, 0.05) is 185 Å². The molecule has 3 atom stereocenters. The Morgan fingerprint density at radius 1 is 0.377 bits per heavy atom. The van der Waals surface area contributed by atoms with Crippen LogP contribution < -0.4 is 31.9 Å². The van der Waals surface area contributed by atoms with Crippen LogP contribution in [0.2, 0.25) is 0 Å². The molecule has 146 heavy (non-hydrogen) atoms. The van der Waals surface area contributed by atoms with Gasteiger partial charge < -0.3 is 46.9 Å². The first-order valence-corrected chi connectivity index (χ1v) is 53.6. The third-order valence-electron chi connectivity index (χ3n) is 29.5. The molecule has 0 bridgehead atoms. The number of nitrogens with one attached hydrogen (secondary N) is 9. The fourth-order valence-electron chi connectivity index (χ4n) is 22.9. The number of unbranched alkanes of at least 4 members (excludes halogenated alkanes) is 1. The Hall–Kier alpha value is -15.0. The summed E-state index contributed by atoms with van der Waals surface area (Å²) < 4.78 is 4.96. The quantitative estimate of drug-likeness (QED) is 0.0233. The van der Waals surface area contributed by atoms with Crippen LogP contribution in [-0.2, 0) is 25.7 Å². The van der Waals surface area contributed by atoms with E-state index in [9.17, 15) is 9.59 Å². The minimum Gasteiger partial charge on any atom is -0.360 e. The van der Waals surface area contributed by atoms with E-state index < -0.39 is 0 Å². The molecule has 2 amide bonds. The van der Waals surface area contributed by atoms with Crippen molar-refractivity contribution in [3.05, 3.63) is 402 Å². The highest BCUT2D eigenvalue weighted by atomic mass is 79.9. The molecule has 16 nitrogen and oxygen atoms in total. The molecule has 6 aliphatic rings. The Labute approximate surface area is 882 Å². The number of aliphatic imine (C=N–C) groups is 4. The number of carbonyl (C=O) groups is 2. The van der Waals surface area contributed by atoms with Crippen molar-refractivity contribution < 1.29 is 9.59 Å². The number of carbonyl (C=O) groups excluding carboxylic acids is 2. The molecule has 0 saturated carbocycles. The summed E-state index contributed by atoms with van der Waals surface area (Å²) >= 11 is 24.0. The highest BCUT2D eigenvalue weighted by Crippen LogP contribution is 2.51. The van der Waals surface area contributed by atoms with E-state index in [1.165, 1.54) is 153 Å². The van der Waals surface area contributed by atoms with Crippen LogP contribution in [0.5, 0.6) is 0 Å². The van der Waals surface area contributed by atoms with Gasteiger partial charge in [0.25, 0.3) is 0 Å². The second-order valence-electron chi connectivity index (χ2n) is 38.7. The summed E-state index contributed by atoms with van der Waals surface area (Å²) in [6.45, 7) is 8.62. The van der Waals surface area contributed by atoms with Crippen molar-refractivity contribution in [2.24, 2.45) is 20.0 Å². The topological polar surface area (TPSA) is 208 Å². The van der Waals surface area contributed by atoms with Gasteiger partial charge in [-0.2, -0.15) is 11.8 Å². The van der Waals surface area contributed by atoms with Crippen LogP contribution in [-0.4, -0.2) is 87.6 Å². The van der Waals surface area contributed by atoms with Crippen molar-refractivity contribution in [3.63, 3.8) is 0 Å². The summed E-state index contributed by atoms with van der Waals surface area (Å²) in [5.41, 5.74) is 31.4. The number of hydrogen-bond donors (Lipinski definition) is 9. The summed E-state index contributed by atoms with van der Waals surface area (Å²) in [5.74, 6) is 1.06. The van der Waals surface area contributed by atoms with Crippen molar-refractivity contribution in [2.75, 3.05) is 27.0 Å². The maximum atomic E-state index is 13.6. The van der Waals surface area contributed by atoms with Crippen LogP contribution in [0.4, 0.5) is 50.3 Å². The lowest BCUT2D eigenvalue weighted by Gasteiger charge is -2.16. The number of halogens is 3. The van der Waals surface area contributed by atoms with E-state index in [0.29, 0.717) is 21.9 Å². The number of benzene rings is 18. The summed E-state index contributed by atoms with van der Waals surface area (Å²) in [5, 5.41) is 45.3. The number of urea groups is 1. The molecule has 0 aliphatic carbocycles. The molecule has 6 aliphatic heterocycles. The fraction of sp³-hybridized carbons (Fsp3) is 0.129. The first-order chi connectivity index (χ1) is 71.3. The summed E-state index contributed by atoms with van der Waals surface area (Å²) in [7, 11) is 0. The number of hydrogen-bond acceptors (Lipinski definition) is 9. The lowest BCUT2D eigenvalue weighted by molar-refractivity contribution is 0.0904. The Bertz CT molecular complexity index is 9440. The predicted molar refractivity (Wildman–Crippen MR) is 631 cm³/mol. The molecule has 2 fully saturated rings. The molecule has 712 valence electrons. The van der Waals surface area contributed by atoms with E-state index in [1.54, 1.807) is 0 Å². The first kappa shape index (κ1) is 92.1. The van der Waals surface area contributed by atoms with Crippen molar-refractivity contribution in [1.82, 2.24) is 30.2 Å². The minimum absolute atomic E-state index is 0.0521. The van der Waals surface area contributed by atoms with Crippen molar-refractivity contribution >= 4 is 304 Å². The van der Waals surface area contributed by atoms with E-state index in [0.717, 1.165) is 177 Å². The number of fused-ring (bicyclic) bond motifs is 29. The highest BCUT2D eigenvalue weighted by molar-refractivity contribution is 9.11. The smallest absolute Gasteiger partial charge is 0.315 e. The number of thiocarbonyl (C=S) groups is 2. The van der Waals surface area contributed by atoms with Gasteiger partial charge in [0.15, 0.2) is 10.2 Å². The van der Waals surface area contributed by atoms with Gasteiger partial charge in [-0.15, -0.1) is 0 Å². The zero-order chi connectivity index (χ0) is 98.8. The molecule has 18 aromatic carbocycles. The van der Waals surface area contributed by atoms with Crippen LogP contribution in [0.3, 0.4) is 0 Å². The highest BCUT2D eigenvalue weighted by Gasteiger charge is 2.43. The number of anilines is 4. The standard InChI is InChI=1S/C34H29BrN4O2S.C32H24N4S.C31H21BrN4S.C27H21BrN2/c35-19-13-14-29-24(15-19)26(17-39(29)31(40)12-6-5-11-30-33-28(18-42-30)37-34(41)38-33)27-16-25-22-9-2-1-7-20(22)21-8-3-4-10-23(21)32(25)36-27;1-19-30(25-13-7-8-14-28(25)33-19)29-18-27-26-17-21(35-32(37)34-20-9-3-2-4-10-20)15-16-23(26)22-11-5-6-12-24(22)31(27)36-29;32-18-10-13-28-25(14-18)27(17-33-28)29-16-26-24-15-20(35-31(37)34-19-6-2-1-3-7-19)11-12-22(24)21-8-4-5-9-23(21)30(26)36-29;1-14-4-7-18-20(10-14)21-11-15(2)5-8-19(21)27-22(18)13-25(30-27)26-16(3)29-24-9-6-17(28)12-23(24)26/h1-4,7-10,13-15,17,28,30,33H,5-6,11-12,16,18H2,(H2,37,38,41);2-17,33H,18H2,1H3,(H2,34,35,37);1-15,17,33H,16H2,(H2,34,35,37);4-12,29H,13H2,1-3H3. The Morgan fingerprint density at radius 2 is 0.788 bits per heavy atom. The van der Waals surface area contributed by atoms with Crippen LogP contribution in [0, 0.1) is 27.7 Å². The molecule has 22 aromatic rings. The number of H-pyrrole nitrogens is 3. The van der Waals surface area contributed by atoms with Crippen LogP contribution >= 0.6 is 84.0 Å². The Kier molecular flexibility index (Phi) is 24.1. The number of aryl methyl sites for hydroxylation is 4. The number of rotatable bonds is 13. The first-order valence-electron chi connectivity index (χ1n) is 49.4. The molecular weight excluding hydrogens is 2050 g/mol. The van der Waals surface area contributed by atoms with Gasteiger partial charge in [0.1, 0.15) is 0 Å². The monoisotopic (exact) mass is 2140 g/mol. The van der Waals surface area contributed by atoms with Crippen molar-refractivity contribution in [1.29, 1.82) is 0 Å². The van der Waals surface area contributed by atoms with E-state index in [4.69, 9.17) is 44.4 Å². The van der Waals surface area contributed by atoms with Gasteiger partial charge in [0.2, 0.25) is 5.91 Å². The molecule has 28 rings (SSSR count). The third-order valence-corrected chi connectivity index (χ3v) is 32.8. The van der Waals surface area contributed by atoms with Gasteiger partial charge >= 0.3 is 6.03 Å². The second-order valence-corrected chi connectivity index (χ2v) is 43.5. The van der Waals surface area contributed by atoms with Gasteiger partial charge in [-0.3, -0.25) is 29.3 Å². The largest absolute Gasteiger partial charge is 0.360 e. The van der Waals surface area contributed by atoms with E-state index in [2.05, 4.69) is 365 Å². The van der Waals surface area contributed by atoms with Gasteiger partial charge in [-0.25, -0.2) is 4.79 Å². The summed E-state index contributed by atoms with van der Waals surface area (Å²) in [4.78, 5) is 56.8. The zero-order valence-corrected chi connectivity index (χ0v) is 87.3. The van der Waals surface area contributed by atoms with E-state index >= 15 is 0 Å². The third kappa shape index (κ3) is 17.1. The normalized spacial score (nSPS) is 15.2. The number of amides is 2. The molecule has 9 N–H and O–H groups in total. The molecule has 0 radical (unpaired) electrons. The van der Waals surface area contributed by atoms with Gasteiger partial charge in [-0.05, 0) is 261 Å². The maximum absolute atomic E-state index is 13.6. The number of para-hydroxylation sites is 3. The average Bonchev–Trinajstić information content (AvgIpc) is 1.01. The molecule has 4 aromatic heterocycles. The molecule has 3 unspecified atom stereocenters. The van der Waals surface area contributed by atoms with E-state index in [1.807, 2.05) is 95.3 Å².